The monoisotopic (exact) mass is 298 g/mol. The van der Waals surface area contributed by atoms with E-state index >= 15 is 0 Å². The van der Waals surface area contributed by atoms with Gasteiger partial charge in [0.15, 0.2) is 0 Å². The first-order chi connectivity index (χ1) is 8.23. The highest BCUT2D eigenvalue weighted by atomic mass is 32.2. The molecule has 0 heterocycles. The van der Waals surface area contributed by atoms with E-state index in [0.29, 0.717) is 19.0 Å². The van der Waals surface area contributed by atoms with Crippen molar-refractivity contribution in [3.63, 3.8) is 0 Å². The van der Waals surface area contributed by atoms with E-state index in [4.69, 9.17) is 5.73 Å². The van der Waals surface area contributed by atoms with Crippen LogP contribution in [0.25, 0.3) is 0 Å². The molecule has 0 radical (unpaired) electrons. The SMILES string of the molecule is CS(=O)(=O)CCS(=O)(=O)NCC1CCCC1CN. The van der Waals surface area contributed by atoms with Gasteiger partial charge in [0, 0.05) is 12.8 Å². The average Bonchev–Trinajstić information content (AvgIpc) is 2.70. The van der Waals surface area contributed by atoms with Crippen molar-refractivity contribution in [1.29, 1.82) is 0 Å². The molecule has 2 unspecified atom stereocenters. The first-order valence-electron chi connectivity index (χ1n) is 6.08. The van der Waals surface area contributed by atoms with Gasteiger partial charge in [-0.3, -0.25) is 0 Å². The van der Waals surface area contributed by atoms with Gasteiger partial charge in [0.2, 0.25) is 10.0 Å². The second-order valence-corrected chi connectivity index (χ2v) is 9.17. The number of rotatable bonds is 7. The molecule has 6 nitrogen and oxygen atoms in total. The highest BCUT2D eigenvalue weighted by Gasteiger charge is 2.27. The smallest absolute Gasteiger partial charge is 0.212 e. The summed E-state index contributed by atoms with van der Waals surface area (Å²) in [6.45, 7) is 0.948. The number of sulfone groups is 1. The van der Waals surface area contributed by atoms with Crippen molar-refractivity contribution in [3.8, 4) is 0 Å². The maximum Gasteiger partial charge on any atom is 0.212 e. The van der Waals surface area contributed by atoms with Gasteiger partial charge in [-0.25, -0.2) is 21.6 Å². The summed E-state index contributed by atoms with van der Waals surface area (Å²) in [7, 11) is -6.75. The Balaban J connectivity index is 2.42. The van der Waals surface area contributed by atoms with Gasteiger partial charge in [-0.15, -0.1) is 0 Å². The molecule has 3 N–H and O–H groups in total. The summed E-state index contributed by atoms with van der Waals surface area (Å²) in [5, 5.41) is 0. The van der Waals surface area contributed by atoms with Crippen LogP contribution in [0.3, 0.4) is 0 Å². The molecule has 1 aliphatic rings. The summed E-state index contributed by atoms with van der Waals surface area (Å²) in [5.74, 6) is -0.0512. The molecule has 108 valence electrons. The van der Waals surface area contributed by atoms with Crippen LogP contribution in [0.1, 0.15) is 19.3 Å². The van der Waals surface area contributed by atoms with Crippen LogP contribution in [-0.4, -0.2) is 47.7 Å². The van der Waals surface area contributed by atoms with Crippen molar-refractivity contribution in [2.45, 2.75) is 19.3 Å². The van der Waals surface area contributed by atoms with Crippen LogP contribution >= 0.6 is 0 Å². The molecule has 0 aromatic rings. The van der Waals surface area contributed by atoms with Gasteiger partial charge in [0.25, 0.3) is 0 Å². The summed E-state index contributed by atoms with van der Waals surface area (Å²) in [4.78, 5) is 0. The van der Waals surface area contributed by atoms with E-state index in [9.17, 15) is 16.8 Å². The number of nitrogens with one attached hydrogen (secondary N) is 1. The molecule has 2 atom stereocenters. The fraction of sp³-hybridized carbons (Fsp3) is 1.00. The Kier molecular flexibility index (Phi) is 5.57. The maximum atomic E-state index is 11.6. The Hall–Kier alpha value is -0.180. The first-order valence-corrected chi connectivity index (χ1v) is 9.80. The second-order valence-electron chi connectivity index (χ2n) is 4.98. The second kappa shape index (κ2) is 6.31. The summed E-state index contributed by atoms with van der Waals surface area (Å²) >= 11 is 0. The molecule has 0 amide bonds. The van der Waals surface area contributed by atoms with Crippen molar-refractivity contribution in [3.05, 3.63) is 0 Å². The molecule has 0 saturated heterocycles. The molecule has 0 aromatic carbocycles. The molecule has 0 spiro atoms. The molecule has 1 saturated carbocycles. The molecule has 1 aliphatic carbocycles. The lowest BCUT2D eigenvalue weighted by Gasteiger charge is -2.18. The minimum absolute atomic E-state index is 0.281. The number of hydrogen-bond donors (Lipinski definition) is 2. The van der Waals surface area contributed by atoms with Crippen LogP contribution in [-0.2, 0) is 19.9 Å². The van der Waals surface area contributed by atoms with Crippen molar-refractivity contribution in [2.24, 2.45) is 17.6 Å². The molecule has 0 aliphatic heterocycles. The zero-order chi connectivity index (χ0) is 13.8. The third-order valence-corrected chi connectivity index (χ3v) is 5.96. The first kappa shape index (κ1) is 15.9. The highest BCUT2D eigenvalue weighted by molar-refractivity contribution is 7.93. The number of hydrogen-bond acceptors (Lipinski definition) is 5. The van der Waals surface area contributed by atoms with Gasteiger partial charge < -0.3 is 5.73 Å². The van der Waals surface area contributed by atoms with Crippen LogP contribution in [0.15, 0.2) is 0 Å². The number of nitrogens with two attached hydrogens (primary N) is 1. The van der Waals surface area contributed by atoms with Crippen LogP contribution in [0.5, 0.6) is 0 Å². The minimum Gasteiger partial charge on any atom is -0.330 e. The van der Waals surface area contributed by atoms with E-state index in [-0.39, 0.29) is 17.4 Å². The Morgan fingerprint density at radius 1 is 1.11 bits per heavy atom. The van der Waals surface area contributed by atoms with E-state index in [0.717, 1.165) is 25.5 Å². The van der Waals surface area contributed by atoms with Crippen molar-refractivity contribution in [1.82, 2.24) is 4.72 Å². The zero-order valence-electron chi connectivity index (χ0n) is 10.6. The highest BCUT2D eigenvalue weighted by Crippen LogP contribution is 2.30. The number of sulfonamides is 1. The van der Waals surface area contributed by atoms with Crippen LogP contribution < -0.4 is 10.5 Å². The van der Waals surface area contributed by atoms with E-state index < -0.39 is 19.9 Å². The van der Waals surface area contributed by atoms with Crippen molar-refractivity contribution < 1.29 is 16.8 Å². The zero-order valence-corrected chi connectivity index (χ0v) is 12.3. The quantitative estimate of drug-likeness (QED) is 0.648. The molecule has 1 fully saturated rings. The van der Waals surface area contributed by atoms with E-state index in [1.165, 1.54) is 0 Å². The van der Waals surface area contributed by atoms with Crippen molar-refractivity contribution in [2.75, 3.05) is 30.9 Å². The Morgan fingerprint density at radius 2 is 1.72 bits per heavy atom. The van der Waals surface area contributed by atoms with E-state index in [1.807, 2.05) is 0 Å². The Morgan fingerprint density at radius 3 is 2.28 bits per heavy atom. The van der Waals surface area contributed by atoms with E-state index in [1.54, 1.807) is 0 Å². The molecule has 1 rings (SSSR count). The minimum atomic E-state index is -3.50. The average molecular weight is 298 g/mol. The maximum absolute atomic E-state index is 11.6. The fourth-order valence-electron chi connectivity index (χ4n) is 2.26. The normalized spacial score (nSPS) is 25.4. The van der Waals surface area contributed by atoms with Crippen LogP contribution in [0, 0.1) is 11.8 Å². The van der Waals surface area contributed by atoms with Gasteiger partial charge in [-0.1, -0.05) is 6.42 Å². The van der Waals surface area contributed by atoms with Gasteiger partial charge in [-0.05, 0) is 31.2 Å². The molecule has 18 heavy (non-hydrogen) atoms. The Bertz CT molecular complexity index is 458. The predicted octanol–water partition coefficient (Wildman–Crippen LogP) is -0.675. The Labute approximate surface area is 109 Å². The van der Waals surface area contributed by atoms with Gasteiger partial charge in [0.1, 0.15) is 9.84 Å². The van der Waals surface area contributed by atoms with Crippen molar-refractivity contribution >= 4 is 19.9 Å². The lowest BCUT2D eigenvalue weighted by Crippen LogP contribution is -2.35. The topological polar surface area (TPSA) is 106 Å². The van der Waals surface area contributed by atoms with Crippen LogP contribution in [0.4, 0.5) is 0 Å². The lowest BCUT2D eigenvalue weighted by molar-refractivity contribution is 0.393. The summed E-state index contributed by atoms with van der Waals surface area (Å²) < 4.78 is 47.6. The molecular formula is C10H22N2O4S2. The molecule has 0 aromatic heterocycles. The molecule has 8 heteroatoms. The largest absolute Gasteiger partial charge is 0.330 e. The van der Waals surface area contributed by atoms with Gasteiger partial charge in [-0.2, -0.15) is 0 Å². The molecular weight excluding hydrogens is 276 g/mol. The van der Waals surface area contributed by atoms with E-state index in [2.05, 4.69) is 4.72 Å². The van der Waals surface area contributed by atoms with Crippen LogP contribution in [0.2, 0.25) is 0 Å². The third-order valence-electron chi connectivity index (χ3n) is 3.41. The lowest BCUT2D eigenvalue weighted by atomic mass is 9.97. The third kappa shape index (κ3) is 5.64. The summed E-state index contributed by atoms with van der Waals surface area (Å²) in [6, 6.07) is 0. The predicted molar refractivity (Wildman–Crippen MR) is 71.4 cm³/mol. The molecule has 0 bridgehead atoms. The van der Waals surface area contributed by atoms with Gasteiger partial charge in [0.05, 0.1) is 11.5 Å². The fourth-order valence-corrected chi connectivity index (χ4v) is 4.96. The van der Waals surface area contributed by atoms with Gasteiger partial charge >= 0.3 is 0 Å². The summed E-state index contributed by atoms with van der Waals surface area (Å²) in [6.07, 6.45) is 4.14. The summed E-state index contributed by atoms with van der Waals surface area (Å²) in [5.41, 5.74) is 5.62. The standard InChI is InChI=1S/C10H22N2O4S2/c1-17(13,14)5-6-18(15,16)12-8-10-4-2-3-9(10)7-11/h9-10,12H,2-8,11H2,1H3.